The van der Waals surface area contributed by atoms with Crippen LogP contribution in [0.15, 0.2) is 71.1 Å². The van der Waals surface area contributed by atoms with E-state index in [0.29, 0.717) is 5.57 Å². The largest absolute Gasteiger partial charge is 0.466 e. The number of ether oxygens (including phenoxy) is 1. The highest BCUT2D eigenvalue weighted by molar-refractivity contribution is 7.89. The van der Waals surface area contributed by atoms with Crippen molar-refractivity contribution in [2.24, 2.45) is 0 Å². The van der Waals surface area contributed by atoms with Gasteiger partial charge in [0.25, 0.3) is 0 Å². The third kappa shape index (κ3) is 3.23. The molecule has 0 amide bonds. The molecule has 2 aromatic carbocycles. The zero-order valence-corrected chi connectivity index (χ0v) is 14.9. The van der Waals surface area contributed by atoms with Crippen LogP contribution in [-0.4, -0.2) is 32.3 Å². The van der Waals surface area contributed by atoms with Crippen molar-refractivity contribution in [2.45, 2.75) is 17.9 Å². The number of benzene rings is 2. The van der Waals surface area contributed by atoms with Crippen molar-refractivity contribution in [1.29, 1.82) is 0 Å². The van der Waals surface area contributed by atoms with Crippen LogP contribution in [-0.2, 0) is 19.6 Å². The summed E-state index contributed by atoms with van der Waals surface area (Å²) in [6, 6.07) is 15.1. The Bertz CT molecular complexity index is 902. The molecule has 0 radical (unpaired) electrons. The lowest BCUT2D eigenvalue weighted by atomic mass is 10.0. The molecule has 1 aliphatic rings. The Hall–Kier alpha value is -2.44. The van der Waals surface area contributed by atoms with Gasteiger partial charge in [-0.15, -0.1) is 0 Å². The van der Waals surface area contributed by atoms with Gasteiger partial charge in [-0.05, 0) is 24.6 Å². The molecule has 2 aromatic rings. The van der Waals surface area contributed by atoms with E-state index in [2.05, 4.69) is 0 Å². The Kier molecular flexibility index (Phi) is 4.74. The molecule has 0 spiro atoms. The fraction of sp³-hybridized carbons (Fsp3) is 0.211. The van der Waals surface area contributed by atoms with E-state index in [1.54, 1.807) is 30.3 Å². The Morgan fingerprint density at radius 3 is 2.32 bits per heavy atom. The molecule has 130 valence electrons. The highest BCUT2D eigenvalue weighted by Gasteiger charge is 2.40. The van der Waals surface area contributed by atoms with Crippen LogP contribution in [0, 0.1) is 6.92 Å². The maximum Gasteiger partial charge on any atom is 0.335 e. The average Bonchev–Trinajstić information content (AvgIpc) is 3.08. The number of rotatable bonds is 4. The number of hydrogen-bond acceptors (Lipinski definition) is 4. The van der Waals surface area contributed by atoms with Crippen molar-refractivity contribution in [3.63, 3.8) is 0 Å². The molecule has 0 bridgehead atoms. The lowest BCUT2D eigenvalue weighted by molar-refractivity contribution is -0.136. The van der Waals surface area contributed by atoms with Gasteiger partial charge in [0.2, 0.25) is 10.0 Å². The number of aryl methyl sites for hydroxylation is 1. The van der Waals surface area contributed by atoms with E-state index in [1.165, 1.54) is 11.4 Å². The predicted molar refractivity (Wildman–Crippen MR) is 94.4 cm³/mol. The molecular formula is C19H19NO4S. The lowest BCUT2D eigenvalue weighted by Crippen LogP contribution is -2.33. The summed E-state index contributed by atoms with van der Waals surface area (Å²) in [5, 5.41) is 0. The van der Waals surface area contributed by atoms with Gasteiger partial charge in [0.15, 0.2) is 0 Å². The van der Waals surface area contributed by atoms with Gasteiger partial charge in [-0.1, -0.05) is 54.1 Å². The van der Waals surface area contributed by atoms with Crippen LogP contribution >= 0.6 is 0 Å². The smallest absolute Gasteiger partial charge is 0.335 e. The summed E-state index contributed by atoms with van der Waals surface area (Å²) < 4.78 is 32.4. The summed E-state index contributed by atoms with van der Waals surface area (Å²) in [7, 11) is -2.46. The van der Waals surface area contributed by atoms with Gasteiger partial charge in [-0.2, -0.15) is 4.31 Å². The summed E-state index contributed by atoms with van der Waals surface area (Å²) in [5.41, 5.74) is 2.05. The summed E-state index contributed by atoms with van der Waals surface area (Å²) >= 11 is 0. The van der Waals surface area contributed by atoms with E-state index in [-0.39, 0.29) is 11.4 Å². The second-order valence-corrected chi connectivity index (χ2v) is 7.74. The minimum atomic E-state index is -3.75. The normalized spacial score (nSPS) is 18.0. The van der Waals surface area contributed by atoms with E-state index in [4.69, 9.17) is 4.74 Å². The highest BCUT2D eigenvalue weighted by atomic mass is 32.2. The van der Waals surface area contributed by atoms with Gasteiger partial charge in [-0.3, -0.25) is 0 Å². The van der Waals surface area contributed by atoms with Crippen LogP contribution in [0.1, 0.15) is 17.2 Å². The Morgan fingerprint density at radius 2 is 1.72 bits per heavy atom. The molecule has 3 rings (SSSR count). The van der Waals surface area contributed by atoms with Gasteiger partial charge in [0, 0.05) is 6.54 Å². The molecule has 0 N–H and O–H groups in total. The number of hydrogen-bond donors (Lipinski definition) is 0. The van der Waals surface area contributed by atoms with Crippen LogP contribution in [0.2, 0.25) is 0 Å². The zero-order valence-electron chi connectivity index (χ0n) is 14.0. The Balaban J connectivity index is 2.06. The third-order valence-electron chi connectivity index (χ3n) is 4.24. The summed E-state index contributed by atoms with van der Waals surface area (Å²) in [6.45, 7) is 2.02. The van der Waals surface area contributed by atoms with Crippen molar-refractivity contribution >= 4 is 16.0 Å². The first-order chi connectivity index (χ1) is 11.9. The SMILES string of the molecule is COC(=O)C1=CCN(S(=O)(=O)c2ccc(C)cc2)C1c1ccccc1. The maximum atomic E-state index is 13.1. The number of nitrogens with zero attached hydrogens (tertiary/aromatic N) is 1. The first-order valence-electron chi connectivity index (χ1n) is 7.87. The van der Waals surface area contributed by atoms with Gasteiger partial charge in [0.1, 0.15) is 0 Å². The van der Waals surface area contributed by atoms with E-state index in [1.807, 2.05) is 37.3 Å². The summed E-state index contributed by atoms with van der Waals surface area (Å²) in [4.78, 5) is 12.3. The second-order valence-electron chi connectivity index (χ2n) is 5.85. The summed E-state index contributed by atoms with van der Waals surface area (Å²) in [5.74, 6) is -0.518. The second kappa shape index (κ2) is 6.82. The molecule has 25 heavy (non-hydrogen) atoms. The topological polar surface area (TPSA) is 63.7 Å². The first-order valence-corrected chi connectivity index (χ1v) is 9.31. The number of esters is 1. The predicted octanol–water partition coefficient (Wildman–Crippen LogP) is 2.84. The quantitative estimate of drug-likeness (QED) is 0.790. The van der Waals surface area contributed by atoms with E-state index >= 15 is 0 Å². The summed E-state index contributed by atoms with van der Waals surface area (Å²) in [6.07, 6.45) is 1.62. The number of carbonyl (C=O) groups is 1. The molecule has 1 aliphatic heterocycles. The van der Waals surface area contributed by atoms with Crippen LogP contribution in [0.4, 0.5) is 0 Å². The van der Waals surface area contributed by atoms with Gasteiger partial charge in [-0.25, -0.2) is 13.2 Å². The number of sulfonamides is 1. The fourth-order valence-electron chi connectivity index (χ4n) is 2.94. The van der Waals surface area contributed by atoms with Gasteiger partial charge >= 0.3 is 5.97 Å². The molecule has 0 saturated heterocycles. The molecule has 5 nitrogen and oxygen atoms in total. The van der Waals surface area contributed by atoms with Crippen molar-refractivity contribution in [1.82, 2.24) is 4.31 Å². The maximum absolute atomic E-state index is 13.1. The lowest BCUT2D eigenvalue weighted by Gasteiger charge is -2.26. The van der Waals surface area contributed by atoms with Crippen LogP contribution < -0.4 is 0 Å². The average molecular weight is 357 g/mol. The van der Waals surface area contributed by atoms with Crippen LogP contribution in [0.25, 0.3) is 0 Å². The fourth-order valence-corrected chi connectivity index (χ4v) is 4.47. The first kappa shape index (κ1) is 17.4. The molecule has 0 aromatic heterocycles. The molecule has 1 heterocycles. The van der Waals surface area contributed by atoms with E-state index in [9.17, 15) is 13.2 Å². The molecule has 6 heteroatoms. The minimum absolute atomic E-state index is 0.125. The van der Waals surface area contributed by atoms with Crippen molar-refractivity contribution in [2.75, 3.05) is 13.7 Å². The minimum Gasteiger partial charge on any atom is -0.466 e. The molecule has 0 saturated carbocycles. The Labute approximate surface area is 147 Å². The van der Waals surface area contributed by atoms with Crippen LogP contribution in [0.3, 0.4) is 0 Å². The molecule has 1 unspecified atom stereocenters. The molecular weight excluding hydrogens is 338 g/mol. The Morgan fingerprint density at radius 1 is 1.08 bits per heavy atom. The molecule has 0 aliphatic carbocycles. The standard InChI is InChI=1S/C19H19NO4S/c1-14-8-10-16(11-9-14)25(22,23)20-13-12-17(19(21)24-2)18(20)15-6-4-3-5-7-15/h3-12,18H,13H2,1-2H3. The highest BCUT2D eigenvalue weighted by Crippen LogP contribution is 2.38. The van der Waals surface area contributed by atoms with Crippen molar-refractivity contribution < 1.29 is 17.9 Å². The molecule has 1 atom stereocenters. The van der Waals surface area contributed by atoms with Crippen LogP contribution in [0.5, 0.6) is 0 Å². The molecule has 0 fully saturated rings. The number of carbonyl (C=O) groups excluding carboxylic acids is 1. The van der Waals surface area contributed by atoms with E-state index in [0.717, 1.165) is 11.1 Å². The van der Waals surface area contributed by atoms with E-state index < -0.39 is 22.0 Å². The van der Waals surface area contributed by atoms with Gasteiger partial charge < -0.3 is 4.74 Å². The van der Waals surface area contributed by atoms with Crippen molar-refractivity contribution in [3.8, 4) is 0 Å². The third-order valence-corrected chi connectivity index (χ3v) is 6.08. The zero-order chi connectivity index (χ0) is 18.0. The van der Waals surface area contributed by atoms with Crippen molar-refractivity contribution in [3.05, 3.63) is 77.4 Å². The monoisotopic (exact) mass is 357 g/mol. The number of methoxy groups -OCH3 is 1. The van der Waals surface area contributed by atoms with Gasteiger partial charge in [0.05, 0.1) is 23.6 Å².